The first kappa shape index (κ1) is 37.5. The van der Waals surface area contributed by atoms with Gasteiger partial charge in [-0.3, -0.25) is 14.4 Å². The highest BCUT2D eigenvalue weighted by molar-refractivity contribution is 8.77. The molecule has 0 aromatic heterocycles. The number of hydrogen-bond donors (Lipinski definition) is 1. The Morgan fingerprint density at radius 2 is 1.59 bits per heavy atom. The first-order chi connectivity index (χ1) is 21.6. The van der Waals surface area contributed by atoms with Gasteiger partial charge in [-0.2, -0.15) is 10.2 Å². The second-order valence-corrected chi connectivity index (χ2v) is 16.8. The standard InChI is InChI=1S/C36H50N4O4S2/c1-25-27-16-11-10-15-26(27)23-40(29-18-13-12-17-28(29)32(25)39-37-9)31(42)20-21-38-33(43)36(7,8)44-24-35(5,6)46-45-22-14-19-30(41)34(2,3)4/h10-13,15-18H,14,19-24H2,1-9H3,(H,38,43)/b32-25+,39-37?. The number of amides is 2. The van der Waals surface area contributed by atoms with E-state index in [1.807, 2.05) is 76.2 Å². The summed E-state index contributed by atoms with van der Waals surface area (Å²) in [5, 5.41) is 11.5. The molecular formula is C36H50N4O4S2. The number of allylic oxidation sites excluding steroid dienone is 1. The van der Waals surface area contributed by atoms with Gasteiger partial charge in [-0.15, -0.1) is 0 Å². The van der Waals surface area contributed by atoms with Gasteiger partial charge in [-0.1, -0.05) is 84.8 Å². The molecule has 0 unspecified atom stereocenters. The fourth-order valence-electron chi connectivity index (χ4n) is 4.91. The molecule has 46 heavy (non-hydrogen) atoms. The maximum absolute atomic E-state index is 13.8. The highest BCUT2D eigenvalue weighted by Gasteiger charge is 2.32. The first-order valence-corrected chi connectivity index (χ1v) is 18.1. The number of fused-ring (bicyclic) bond motifs is 2. The molecule has 0 bridgehead atoms. The zero-order valence-electron chi connectivity index (χ0n) is 28.9. The molecule has 0 spiro atoms. The average molecular weight is 667 g/mol. The number of nitrogens with one attached hydrogen (secondary N) is 1. The summed E-state index contributed by atoms with van der Waals surface area (Å²) in [5.41, 5.74) is 4.01. The number of anilines is 1. The van der Waals surface area contributed by atoms with Crippen LogP contribution in [0, 0.1) is 5.41 Å². The number of hydrogen-bond acceptors (Lipinski definition) is 8. The number of carbonyl (C=O) groups excluding carboxylic acids is 3. The zero-order valence-corrected chi connectivity index (χ0v) is 30.5. The van der Waals surface area contributed by atoms with Gasteiger partial charge in [0.25, 0.3) is 5.91 Å². The Labute approximate surface area is 283 Å². The minimum Gasteiger partial charge on any atom is -0.364 e. The van der Waals surface area contributed by atoms with Crippen molar-refractivity contribution >= 4 is 56.1 Å². The fourth-order valence-corrected chi connectivity index (χ4v) is 7.39. The predicted octanol–water partition coefficient (Wildman–Crippen LogP) is 8.36. The van der Waals surface area contributed by atoms with Gasteiger partial charge in [-0.25, -0.2) is 0 Å². The summed E-state index contributed by atoms with van der Waals surface area (Å²) in [7, 11) is 5.08. The van der Waals surface area contributed by atoms with Gasteiger partial charge in [0.1, 0.15) is 11.4 Å². The van der Waals surface area contributed by atoms with Crippen molar-refractivity contribution in [2.45, 2.75) is 91.5 Å². The number of ketones is 1. The molecule has 1 N–H and O–H groups in total. The average Bonchev–Trinajstić information content (AvgIpc) is 3.00. The topological polar surface area (TPSA) is 100 Å². The lowest BCUT2D eigenvalue weighted by molar-refractivity contribution is -0.143. The molecule has 1 aliphatic rings. The third kappa shape index (κ3) is 10.3. The van der Waals surface area contributed by atoms with Crippen LogP contribution >= 0.6 is 21.6 Å². The van der Waals surface area contributed by atoms with E-state index >= 15 is 0 Å². The van der Waals surface area contributed by atoms with Crippen LogP contribution in [0.3, 0.4) is 0 Å². The summed E-state index contributed by atoms with van der Waals surface area (Å²) < 4.78 is 5.88. The third-order valence-electron chi connectivity index (χ3n) is 7.76. The van der Waals surface area contributed by atoms with Crippen LogP contribution in [0.5, 0.6) is 0 Å². The Balaban J connectivity index is 1.58. The quantitative estimate of drug-likeness (QED) is 0.124. The summed E-state index contributed by atoms with van der Waals surface area (Å²) >= 11 is 0. The zero-order chi connectivity index (χ0) is 34.1. The number of azo groups is 1. The van der Waals surface area contributed by atoms with Crippen molar-refractivity contribution in [3.8, 4) is 0 Å². The van der Waals surface area contributed by atoms with E-state index < -0.39 is 5.60 Å². The number of Topliss-reactive ketones (excluding diaryl/α,β-unsaturated/α-hetero) is 1. The molecule has 0 aliphatic carbocycles. The van der Waals surface area contributed by atoms with E-state index in [0.717, 1.165) is 45.8 Å². The molecule has 2 amide bonds. The van der Waals surface area contributed by atoms with Gasteiger partial charge in [0.15, 0.2) is 0 Å². The van der Waals surface area contributed by atoms with Crippen molar-refractivity contribution in [3.05, 3.63) is 65.2 Å². The van der Waals surface area contributed by atoms with Crippen molar-refractivity contribution in [2.24, 2.45) is 15.6 Å². The summed E-state index contributed by atoms with van der Waals surface area (Å²) in [4.78, 5) is 40.8. The molecule has 2 aromatic rings. The largest absolute Gasteiger partial charge is 0.364 e. The maximum atomic E-state index is 13.8. The van der Waals surface area contributed by atoms with E-state index in [1.54, 1.807) is 47.4 Å². The van der Waals surface area contributed by atoms with Gasteiger partial charge in [0.2, 0.25) is 5.91 Å². The lowest BCUT2D eigenvalue weighted by atomic mass is 9.88. The molecule has 0 fully saturated rings. The molecule has 0 radical (unpaired) electrons. The predicted molar refractivity (Wildman–Crippen MR) is 193 cm³/mol. The molecule has 1 aliphatic heterocycles. The van der Waals surface area contributed by atoms with Crippen LogP contribution in [-0.4, -0.2) is 53.9 Å². The molecule has 0 atom stereocenters. The van der Waals surface area contributed by atoms with Crippen molar-refractivity contribution in [1.29, 1.82) is 0 Å². The van der Waals surface area contributed by atoms with Gasteiger partial charge >= 0.3 is 0 Å². The molecule has 3 rings (SSSR count). The van der Waals surface area contributed by atoms with E-state index in [2.05, 4.69) is 29.4 Å². The van der Waals surface area contributed by atoms with E-state index in [1.165, 1.54) is 0 Å². The fraction of sp³-hybridized carbons (Fsp3) is 0.528. The van der Waals surface area contributed by atoms with Gasteiger partial charge in [-0.05, 0) is 63.8 Å². The SMILES string of the molecule is CN=N/C1=C(\C)c2ccccc2CN(C(=O)CCNC(=O)C(C)(C)OCC(C)(C)SSCCCC(=O)C(C)(C)C)c2ccccc21. The molecule has 8 nitrogen and oxygen atoms in total. The minimum absolute atomic E-state index is 0.104. The molecule has 10 heteroatoms. The van der Waals surface area contributed by atoms with Crippen LogP contribution in [0.15, 0.2) is 58.8 Å². The highest BCUT2D eigenvalue weighted by Crippen LogP contribution is 2.39. The Hall–Kier alpha value is -2.95. The number of carbonyl (C=O) groups is 3. The summed E-state index contributed by atoms with van der Waals surface area (Å²) in [6.45, 7) is 16.5. The third-order valence-corrected chi connectivity index (χ3v) is 11.1. The number of benzene rings is 2. The Morgan fingerprint density at radius 1 is 0.935 bits per heavy atom. The van der Waals surface area contributed by atoms with Crippen LogP contribution in [-0.2, 0) is 25.7 Å². The minimum atomic E-state index is -1.07. The van der Waals surface area contributed by atoms with Gasteiger partial charge in [0, 0.05) is 47.9 Å². The van der Waals surface area contributed by atoms with Crippen molar-refractivity contribution in [2.75, 3.05) is 30.9 Å². The van der Waals surface area contributed by atoms with E-state index in [-0.39, 0.29) is 40.7 Å². The Morgan fingerprint density at radius 3 is 2.26 bits per heavy atom. The lowest BCUT2D eigenvalue weighted by Gasteiger charge is -2.31. The Kier molecular flexibility index (Phi) is 13.2. The van der Waals surface area contributed by atoms with Gasteiger partial charge in [0.05, 0.1) is 24.5 Å². The van der Waals surface area contributed by atoms with Crippen LogP contribution < -0.4 is 10.2 Å². The molecule has 1 heterocycles. The summed E-state index contributed by atoms with van der Waals surface area (Å²) in [6.07, 6.45) is 1.56. The van der Waals surface area contributed by atoms with E-state index in [9.17, 15) is 14.4 Å². The lowest BCUT2D eigenvalue weighted by Crippen LogP contribution is -2.47. The normalized spacial score (nSPS) is 15.6. The van der Waals surface area contributed by atoms with Crippen LogP contribution in [0.1, 0.15) is 91.3 Å². The van der Waals surface area contributed by atoms with Crippen molar-refractivity contribution in [3.63, 3.8) is 0 Å². The number of nitrogens with zero attached hydrogens (tertiary/aromatic N) is 3. The maximum Gasteiger partial charge on any atom is 0.251 e. The molecule has 250 valence electrons. The summed E-state index contributed by atoms with van der Waals surface area (Å²) in [6, 6.07) is 15.8. The highest BCUT2D eigenvalue weighted by atomic mass is 33.1. The molecule has 0 saturated heterocycles. The van der Waals surface area contributed by atoms with Crippen molar-refractivity contribution < 1.29 is 19.1 Å². The second kappa shape index (κ2) is 16.2. The van der Waals surface area contributed by atoms with E-state index in [4.69, 9.17) is 4.74 Å². The Bertz CT molecular complexity index is 1460. The van der Waals surface area contributed by atoms with Crippen LogP contribution in [0.4, 0.5) is 5.69 Å². The number of ether oxygens (including phenoxy) is 1. The smallest absolute Gasteiger partial charge is 0.251 e. The van der Waals surface area contributed by atoms with Gasteiger partial charge < -0.3 is 15.0 Å². The van der Waals surface area contributed by atoms with Crippen molar-refractivity contribution in [1.82, 2.24) is 5.32 Å². The summed E-state index contributed by atoms with van der Waals surface area (Å²) in [5.74, 6) is 0.790. The second-order valence-electron chi connectivity index (χ2n) is 13.7. The number of rotatable bonds is 14. The monoisotopic (exact) mass is 666 g/mol. The number of para-hydroxylation sites is 1. The van der Waals surface area contributed by atoms with Crippen LogP contribution in [0.25, 0.3) is 11.3 Å². The first-order valence-electron chi connectivity index (χ1n) is 15.8. The van der Waals surface area contributed by atoms with Crippen LogP contribution in [0.2, 0.25) is 0 Å². The molecular weight excluding hydrogens is 617 g/mol. The van der Waals surface area contributed by atoms with E-state index in [0.29, 0.717) is 19.6 Å². The molecule has 2 aromatic carbocycles. The molecule has 0 saturated carbocycles.